The van der Waals surface area contributed by atoms with Crippen molar-refractivity contribution in [3.8, 4) is 5.75 Å². The Labute approximate surface area is 130 Å². The van der Waals surface area contributed by atoms with Crippen molar-refractivity contribution in [2.24, 2.45) is 11.7 Å². The average molecular weight is 330 g/mol. The minimum absolute atomic E-state index is 0.273. The van der Waals surface area contributed by atoms with E-state index in [9.17, 15) is 23.2 Å². The zero-order valence-corrected chi connectivity index (χ0v) is 12.4. The second-order valence-corrected chi connectivity index (χ2v) is 4.80. The Morgan fingerprint density at radius 2 is 1.78 bits per heavy atom. The summed E-state index contributed by atoms with van der Waals surface area (Å²) in [6.45, 7) is 0.0168. The van der Waals surface area contributed by atoms with Crippen molar-refractivity contribution < 1.29 is 32.6 Å². The SMILES string of the molecule is CC(C)[C@H](OC(=O)c1ccccc1OC(F)F)C(=O)NC(N)=O. The monoisotopic (exact) mass is 330 g/mol. The number of hydrogen-bond donors (Lipinski definition) is 2. The maximum Gasteiger partial charge on any atom is 0.387 e. The molecule has 0 saturated carbocycles. The average Bonchev–Trinajstić information content (AvgIpc) is 2.43. The molecule has 0 saturated heterocycles. The Kier molecular flexibility index (Phi) is 6.43. The van der Waals surface area contributed by atoms with Crippen molar-refractivity contribution >= 4 is 17.9 Å². The number of hydrogen-bond acceptors (Lipinski definition) is 5. The first-order valence-electron chi connectivity index (χ1n) is 6.57. The Hall–Kier alpha value is -2.71. The molecule has 0 aliphatic rings. The number of para-hydroxylation sites is 1. The lowest BCUT2D eigenvalue weighted by Crippen LogP contribution is -2.45. The third-order valence-electron chi connectivity index (χ3n) is 2.67. The van der Waals surface area contributed by atoms with Crippen molar-refractivity contribution in [2.75, 3.05) is 0 Å². The lowest BCUT2D eigenvalue weighted by atomic mass is 10.1. The molecule has 0 unspecified atom stereocenters. The molecule has 0 fully saturated rings. The first-order chi connectivity index (χ1) is 10.7. The topological polar surface area (TPSA) is 108 Å². The third kappa shape index (κ3) is 5.53. The van der Waals surface area contributed by atoms with E-state index in [1.165, 1.54) is 18.2 Å². The van der Waals surface area contributed by atoms with Crippen LogP contribution in [-0.4, -0.2) is 30.6 Å². The molecule has 9 heteroatoms. The van der Waals surface area contributed by atoms with Gasteiger partial charge in [-0.15, -0.1) is 0 Å². The van der Waals surface area contributed by atoms with Crippen LogP contribution >= 0.6 is 0 Å². The predicted molar refractivity (Wildman–Crippen MR) is 74.8 cm³/mol. The second-order valence-electron chi connectivity index (χ2n) is 4.80. The lowest BCUT2D eigenvalue weighted by molar-refractivity contribution is -0.131. The molecule has 1 rings (SSSR count). The van der Waals surface area contributed by atoms with Crippen LogP contribution in [0, 0.1) is 5.92 Å². The summed E-state index contributed by atoms with van der Waals surface area (Å²) in [7, 11) is 0. The molecular weight excluding hydrogens is 314 g/mol. The normalized spacial score (nSPS) is 11.9. The van der Waals surface area contributed by atoms with Crippen LogP contribution in [0.4, 0.5) is 13.6 Å². The molecule has 0 aliphatic carbocycles. The molecule has 0 radical (unpaired) electrons. The van der Waals surface area contributed by atoms with Gasteiger partial charge in [-0.3, -0.25) is 10.1 Å². The first kappa shape index (κ1) is 18.3. The fourth-order valence-electron chi connectivity index (χ4n) is 1.70. The van der Waals surface area contributed by atoms with Gasteiger partial charge in [-0.25, -0.2) is 9.59 Å². The van der Waals surface area contributed by atoms with E-state index < -0.39 is 36.5 Å². The molecule has 1 atom stereocenters. The van der Waals surface area contributed by atoms with Crippen LogP contribution in [0.3, 0.4) is 0 Å². The number of alkyl halides is 2. The van der Waals surface area contributed by atoms with Gasteiger partial charge >= 0.3 is 18.6 Å². The highest BCUT2D eigenvalue weighted by molar-refractivity contribution is 5.99. The van der Waals surface area contributed by atoms with Gasteiger partial charge in [-0.05, 0) is 18.1 Å². The summed E-state index contributed by atoms with van der Waals surface area (Å²) in [6, 6.07) is 4.09. The maximum atomic E-state index is 12.3. The van der Waals surface area contributed by atoms with Crippen LogP contribution in [0.5, 0.6) is 5.75 Å². The van der Waals surface area contributed by atoms with E-state index in [1.807, 2.05) is 0 Å². The Morgan fingerprint density at radius 1 is 1.17 bits per heavy atom. The van der Waals surface area contributed by atoms with Crippen LogP contribution in [0.25, 0.3) is 0 Å². The summed E-state index contributed by atoms with van der Waals surface area (Å²) in [5.74, 6) is -2.82. The van der Waals surface area contributed by atoms with E-state index in [0.717, 1.165) is 6.07 Å². The summed E-state index contributed by atoms with van der Waals surface area (Å²) >= 11 is 0. The predicted octanol–water partition coefficient (Wildman–Crippen LogP) is 1.66. The summed E-state index contributed by atoms with van der Waals surface area (Å²) < 4.78 is 33.9. The largest absolute Gasteiger partial charge is 0.448 e. The van der Waals surface area contributed by atoms with Gasteiger partial charge in [0.2, 0.25) is 0 Å². The molecule has 3 amide bonds. The molecule has 0 heterocycles. The fraction of sp³-hybridized carbons (Fsp3) is 0.357. The summed E-state index contributed by atoms with van der Waals surface area (Å²) in [5.41, 5.74) is 4.56. The standard InChI is InChI=1S/C14H16F2N2O5/c1-7(2)10(11(19)18-14(17)21)23-12(20)8-5-3-4-6-9(8)22-13(15)16/h3-7,10,13H,1-2H3,(H3,17,18,19,21)/t10-/m0/s1. The number of nitrogens with two attached hydrogens (primary N) is 1. The number of carbonyl (C=O) groups excluding carboxylic acids is 3. The van der Waals surface area contributed by atoms with Crippen LogP contribution in [0.1, 0.15) is 24.2 Å². The molecular formula is C14H16F2N2O5. The van der Waals surface area contributed by atoms with E-state index in [1.54, 1.807) is 19.2 Å². The van der Waals surface area contributed by atoms with E-state index in [2.05, 4.69) is 4.74 Å². The van der Waals surface area contributed by atoms with Crippen molar-refractivity contribution in [3.05, 3.63) is 29.8 Å². The van der Waals surface area contributed by atoms with E-state index in [-0.39, 0.29) is 11.3 Å². The van der Waals surface area contributed by atoms with Crippen molar-refractivity contribution in [2.45, 2.75) is 26.6 Å². The van der Waals surface area contributed by atoms with Gasteiger partial charge < -0.3 is 15.2 Å². The molecule has 23 heavy (non-hydrogen) atoms. The van der Waals surface area contributed by atoms with Gasteiger partial charge in [0.25, 0.3) is 5.91 Å². The minimum atomic E-state index is -3.12. The Balaban J connectivity index is 2.96. The number of nitrogens with one attached hydrogen (secondary N) is 1. The molecule has 0 aliphatic heterocycles. The van der Waals surface area contributed by atoms with E-state index in [0.29, 0.717) is 0 Å². The highest BCUT2D eigenvalue weighted by Crippen LogP contribution is 2.22. The zero-order chi connectivity index (χ0) is 17.6. The van der Waals surface area contributed by atoms with Gasteiger partial charge in [0.15, 0.2) is 6.10 Å². The smallest absolute Gasteiger partial charge is 0.387 e. The fourth-order valence-corrected chi connectivity index (χ4v) is 1.70. The number of imide groups is 1. The number of amides is 3. The molecule has 0 spiro atoms. The molecule has 0 aromatic heterocycles. The van der Waals surface area contributed by atoms with Crippen molar-refractivity contribution in [3.63, 3.8) is 0 Å². The van der Waals surface area contributed by atoms with Gasteiger partial charge in [-0.1, -0.05) is 26.0 Å². The Morgan fingerprint density at radius 3 is 2.30 bits per heavy atom. The second kappa shape index (κ2) is 8.06. The van der Waals surface area contributed by atoms with Gasteiger partial charge in [0.05, 0.1) is 0 Å². The molecule has 3 N–H and O–H groups in total. The molecule has 1 aromatic carbocycles. The highest BCUT2D eigenvalue weighted by Gasteiger charge is 2.29. The van der Waals surface area contributed by atoms with E-state index >= 15 is 0 Å². The number of esters is 1. The summed E-state index contributed by atoms with van der Waals surface area (Å²) in [4.78, 5) is 34.6. The molecule has 1 aromatic rings. The number of primary amides is 1. The maximum absolute atomic E-state index is 12.3. The van der Waals surface area contributed by atoms with Crippen molar-refractivity contribution in [1.82, 2.24) is 5.32 Å². The summed E-state index contributed by atoms with van der Waals surface area (Å²) in [5, 5.41) is 1.80. The number of ether oxygens (including phenoxy) is 2. The highest BCUT2D eigenvalue weighted by atomic mass is 19.3. The van der Waals surface area contributed by atoms with Gasteiger partial charge in [0.1, 0.15) is 11.3 Å². The Bertz CT molecular complexity index is 592. The van der Waals surface area contributed by atoms with Crippen LogP contribution in [0.2, 0.25) is 0 Å². The summed E-state index contributed by atoms with van der Waals surface area (Å²) in [6.07, 6.45) is -1.32. The van der Waals surface area contributed by atoms with Gasteiger partial charge in [-0.2, -0.15) is 8.78 Å². The first-order valence-corrected chi connectivity index (χ1v) is 6.57. The third-order valence-corrected chi connectivity index (χ3v) is 2.67. The van der Waals surface area contributed by atoms with Crippen LogP contribution < -0.4 is 15.8 Å². The zero-order valence-electron chi connectivity index (χ0n) is 12.4. The number of urea groups is 1. The van der Waals surface area contributed by atoms with Gasteiger partial charge in [0, 0.05) is 0 Å². The minimum Gasteiger partial charge on any atom is -0.448 e. The molecule has 0 bridgehead atoms. The number of benzene rings is 1. The molecule has 126 valence electrons. The number of carbonyl (C=O) groups is 3. The van der Waals surface area contributed by atoms with Crippen molar-refractivity contribution in [1.29, 1.82) is 0 Å². The quantitative estimate of drug-likeness (QED) is 0.771. The lowest BCUT2D eigenvalue weighted by Gasteiger charge is -2.20. The molecule has 7 nitrogen and oxygen atoms in total. The van der Waals surface area contributed by atoms with Crippen LogP contribution in [0.15, 0.2) is 24.3 Å². The van der Waals surface area contributed by atoms with E-state index in [4.69, 9.17) is 10.5 Å². The van der Waals surface area contributed by atoms with Crippen LogP contribution in [-0.2, 0) is 9.53 Å². The number of halogens is 2. The number of rotatable bonds is 6.